The lowest BCUT2D eigenvalue weighted by Crippen LogP contribution is -2.41. The SMILES string of the molecule is CC1(Nc2cccc(F)c2[N+](=O)[O-])CCC1. The smallest absolute Gasteiger partial charge is 0.327 e. The predicted molar refractivity (Wildman–Crippen MR) is 58.9 cm³/mol. The van der Waals surface area contributed by atoms with E-state index in [9.17, 15) is 14.5 Å². The molecule has 0 aliphatic heterocycles. The van der Waals surface area contributed by atoms with Crippen molar-refractivity contribution >= 4 is 11.4 Å². The van der Waals surface area contributed by atoms with Crippen molar-refractivity contribution in [2.24, 2.45) is 0 Å². The summed E-state index contributed by atoms with van der Waals surface area (Å²) >= 11 is 0. The highest BCUT2D eigenvalue weighted by atomic mass is 19.1. The molecular weight excluding hydrogens is 211 g/mol. The van der Waals surface area contributed by atoms with Crippen LogP contribution in [0.5, 0.6) is 0 Å². The fourth-order valence-corrected chi connectivity index (χ4v) is 1.96. The third-order valence-corrected chi connectivity index (χ3v) is 3.06. The molecule has 16 heavy (non-hydrogen) atoms. The van der Waals surface area contributed by atoms with Gasteiger partial charge in [-0.15, -0.1) is 0 Å². The van der Waals surface area contributed by atoms with E-state index < -0.39 is 16.4 Å². The highest BCUT2D eigenvalue weighted by Gasteiger charge is 2.34. The summed E-state index contributed by atoms with van der Waals surface area (Å²) in [6.45, 7) is 1.99. The Morgan fingerprint density at radius 3 is 2.69 bits per heavy atom. The molecule has 1 fully saturated rings. The number of nitro benzene ring substituents is 1. The van der Waals surface area contributed by atoms with Crippen LogP contribution < -0.4 is 5.32 Å². The second-order valence-electron chi connectivity index (χ2n) is 4.43. The topological polar surface area (TPSA) is 55.2 Å². The summed E-state index contributed by atoms with van der Waals surface area (Å²) in [7, 11) is 0. The summed E-state index contributed by atoms with van der Waals surface area (Å²) in [5.74, 6) is -0.794. The average molecular weight is 224 g/mol. The monoisotopic (exact) mass is 224 g/mol. The Kier molecular flexibility index (Phi) is 2.53. The molecule has 1 aliphatic rings. The Hall–Kier alpha value is -1.65. The molecule has 1 saturated carbocycles. The fraction of sp³-hybridized carbons (Fsp3) is 0.455. The number of halogens is 1. The largest absolute Gasteiger partial charge is 0.374 e. The minimum atomic E-state index is -0.794. The van der Waals surface area contributed by atoms with Crippen molar-refractivity contribution in [3.8, 4) is 0 Å². The molecule has 4 nitrogen and oxygen atoms in total. The van der Waals surface area contributed by atoms with Crippen LogP contribution in [-0.2, 0) is 0 Å². The Balaban J connectivity index is 2.32. The van der Waals surface area contributed by atoms with Gasteiger partial charge < -0.3 is 5.32 Å². The van der Waals surface area contributed by atoms with Crippen molar-refractivity contribution < 1.29 is 9.31 Å². The molecule has 2 rings (SSSR count). The summed E-state index contributed by atoms with van der Waals surface area (Å²) in [5.41, 5.74) is -0.318. The van der Waals surface area contributed by atoms with E-state index in [1.165, 1.54) is 6.07 Å². The van der Waals surface area contributed by atoms with E-state index in [2.05, 4.69) is 5.32 Å². The van der Waals surface area contributed by atoms with Gasteiger partial charge in [0.2, 0.25) is 5.82 Å². The van der Waals surface area contributed by atoms with Crippen LogP contribution in [0.3, 0.4) is 0 Å². The molecule has 5 heteroatoms. The van der Waals surface area contributed by atoms with Gasteiger partial charge in [0.25, 0.3) is 0 Å². The van der Waals surface area contributed by atoms with Gasteiger partial charge in [0.05, 0.1) is 4.92 Å². The van der Waals surface area contributed by atoms with Crippen molar-refractivity contribution in [2.75, 3.05) is 5.32 Å². The molecule has 0 unspecified atom stereocenters. The Morgan fingerprint density at radius 2 is 2.19 bits per heavy atom. The molecule has 1 aliphatic carbocycles. The van der Waals surface area contributed by atoms with Crippen LogP contribution in [0.15, 0.2) is 18.2 Å². The second-order valence-corrected chi connectivity index (χ2v) is 4.43. The predicted octanol–water partition coefficient (Wildman–Crippen LogP) is 3.09. The standard InChI is InChI=1S/C11H13FN2O2/c1-11(6-3-7-11)13-9-5-2-4-8(12)10(9)14(15)16/h2,4-5,13H,3,6-7H2,1H3. The number of nitrogens with zero attached hydrogens (tertiary/aromatic N) is 1. The van der Waals surface area contributed by atoms with Crippen molar-refractivity contribution in [1.29, 1.82) is 0 Å². The van der Waals surface area contributed by atoms with E-state index in [0.717, 1.165) is 25.3 Å². The number of nitrogens with one attached hydrogen (secondary N) is 1. The van der Waals surface area contributed by atoms with E-state index in [4.69, 9.17) is 0 Å². The summed E-state index contributed by atoms with van der Waals surface area (Å²) in [4.78, 5) is 10.1. The lowest BCUT2D eigenvalue weighted by atomic mass is 9.78. The van der Waals surface area contributed by atoms with E-state index in [1.54, 1.807) is 6.07 Å². The molecule has 1 aromatic rings. The fourth-order valence-electron chi connectivity index (χ4n) is 1.96. The molecule has 0 atom stereocenters. The maximum atomic E-state index is 13.3. The van der Waals surface area contributed by atoms with Crippen molar-refractivity contribution in [1.82, 2.24) is 0 Å². The minimum absolute atomic E-state index is 0.126. The van der Waals surface area contributed by atoms with E-state index in [0.29, 0.717) is 0 Å². The molecule has 86 valence electrons. The van der Waals surface area contributed by atoms with E-state index in [1.807, 2.05) is 6.92 Å². The number of hydrogen-bond donors (Lipinski definition) is 1. The first-order chi connectivity index (χ1) is 7.52. The Morgan fingerprint density at radius 1 is 1.50 bits per heavy atom. The molecule has 0 spiro atoms. The highest BCUT2D eigenvalue weighted by Crippen LogP contribution is 2.38. The third kappa shape index (κ3) is 1.85. The maximum Gasteiger partial charge on any atom is 0.327 e. The van der Waals surface area contributed by atoms with Crippen LogP contribution in [-0.4, -0.2) is 10.5 Å². The highest BCUT2D eigenvalue weighted by molar-refractivity contribution is 5.63. The zero-order valence-electron chi connectivity index (χ0n) is 9.00. The van der Waals surface area contributed by atoms with Gasteiger partial charge in [-0.05, 0) is 38.3 Å². The van der Waals surface area contributed by atoms with Crippen LogP contribution in [0.25, 0.3) is 0 Å². The number of nitro groups is 1. The molecule has 1 aromatic carbocycles. The summed E-state index contributed by atoms with van der Waals surface area (Å²) < 4.78 is 13.3. The van der Waals surface area contributed by atoms with Gasteiger partial charge in [0, 0.05) is 5.54 Å². The van der Waals surface area contributed by atoms with Crippen molar-refractivity contribution in [3.63, 3.8) is 0 Å². The molecule has 0 bridgehead atoms. The molecule has 0 heterocycles. The van der Waals surface area contributed by atoms with Gasteiger partial charge in [0.1, 0.15) is 5.69 Å². The lowest BCUT2D eigenvalue weighted by molar-refractivity contribution is -0.386. The maximum absolute atomic E-state index is 13.3. The quantitative estimate of drug-likeness (QED) is 0.634. The molecule has 1 N–H and O–H groups in total. The number of rotatable bonds is 3. The van der Waals surface area contributed by atoms with Crippen molar-refractivity contribution in [2.45, 2.75) is 31.7 Å². The molecular formula is C11H13FN2O2. The van der Waals surface area contributed by atoms with Gasteiger partial charge in [-0.2, -0.15) is 4.39 Å². The van der Waals surface area contributed by atoms with Crippen molar-refractivity contribution in [3.05, 3.63) is 34.1 Å². The zero-order valence-corrected chi connectivity index (χ0v) is 9.00. The van der Waals surface area contributed by atoms with Crippen LogP contribution >= 0.6 is 0 Å². The lowest BCUT2D eigenvalue weighted by Gasteiger charge is -2.39. The number of benzene rings is 1. The average Bonchev–Trinajstić information content (AvgIpc) is 2.14. The third-order valence-electron chi connectivity index (χ3n) is 3.06. The van der Waals surface area contributed by atoms with Crippen LogP contribution in [0.2, 0.25) is 0 Å². The minimum Gasteiger partial charge on any atom is -0.374 e. The number of para-hydroxylation sites is 1. The second kappa shape index (κ2) is 3.73. The van der Waals surface area contributed by atoms with Gasteiger partial charge in [0.15, 0.2) is 0 Å². The first kappa shape index (κ1) is 10.9. The molecule has 0 saturated heterocycles. The molecule has 0 aromatic heterocycles. The van der Waals surface area contributed by atoms with E-state index in [-0.39, 0.29) is 11.2 Å². The number of hydrogen-bond acceptors (Lipinski definition) is 3. The van der Waals surface area contributed by atoms with E-state index >= 15 is 0 Å². The molecule has 0 amide bonds. The Bertz CT molecular complexity index is 430. The van der Waals surface area contributed by atoms with Gasteiger partial charge in [-0.3, -0.25) is 10.1 Å². The first-order valence-electron chi connectivity index (χ1n) is 5.23. The zero-order chi connectivity index (χ0) is 11.8. The summed E-state index contributed by atoms with van der Waals surface area (Å²) in [6.07, 6.45) is 3.02. The summed E-state index contributed by atoms with van der Waals surface area (Å²) in [5, 5.41) is 13.8. The van der Waals surface area contributed by atoms with Crippen LogP contribution in [0.1, 0.15) is 26.2 Å². The van der Waals surface area contributed by atoms with Crippen LogP contribution in [0.4, 0.5) is 15.8 Å². The summed E-state index contributed by atoms with van der Waals surface area (Å²) in [6, 6.07) is 4.13. The van der Waals surface area contributed by atoms with Gasteiger partial charge >= 0.3 is 5.69 Å². The first-order valence-corrected chi connectivity index (χ1v) is 5.23. The molecule has 0 radical (unpaired) electrons. The number of anilines is 1. The van der Waals surface area contributed by atoms with Crippen LogP contribution in [0, 0.1) is 15.9 Å². The van der Waals surface area contributed by atoms with Gasteiger partial charge in [-0.1, -0.05) is 6.07 Å². The normalized spacial score (nSPS) is 17.6. The van der Waals surface area contributed by atoms with Gasteiger partial charge in [-0.25, -0.2) is 0 Å². The Labute approximate surface area is 92.6 Å².